The van der Waals surface area contributed by atoms with Crippen LogP contribution in [0.4, 0.5) is 6.01 Å². The summed E-state index contributed by atoms with van der Waals surface area (Å²) in [5.41, 5.74) is 0.412. The van der Waals surface area contributed by atoms with E-state index in [0.29, 0.717) is 22.8 Å². The Hall–Kier alpha value is -3.55. The minimum atomic E-state index is -0.542. The molecule has 1 atom stereocenters. The Morgan fingerprint density at radius 2 is 2.00 bits per heavy atom. The first kappa shape index (κ1) is 15.9. The molecule has 1 aliphatic rings. The lowest BCUT2D eigenvalue weighted by molar-refractivity contribution is 0.0716. The Kier molecular flexibility index (Phi) is 4.14. The van der Waals surface area contributed by atoms with E-state index < -0.39 is 6.10 Å². The van der Waals surface area contributed by atoms with Crippen LogP contribution in [0, 0.1) is 0 Å². The van der Waals surface area contributed by atoms with Crippen molar-refractivity contribution in [2.24, 2.45) is 0 Å². The lowest BCUT2D eigenvalue weighted by atomic mass is 10.2. The largest absolute Gasteiger partial charge is 0.497 e. The number of para-hydroxylation sites is 2. The van der Waals surface area contributed by atoms with Gasteiger partial charge in [0.2, 0.25) is 6.10 Å². The molecule has 3 aromatic rings. The number of aromatic nitrogens is 2. The summed E-state index contributed by atoms with van der Waals surface area (Å²) in [6.07, 6.45) is -0.542. The molecule has 1 aromatic heterocycles. The van der Waals surface area contributed by atoms with Gasteiger partial charge in [0.25, 0.3) is 11.8 Å². The Morgan fingerprint density at radius 1 is 1.15 bits per heavy atom. The van der Waals surface area contributed by atoms with Crippen molar-refractivity contribution in [3.63, 3.8) is 0 Å². The third kappa shape index (κ3) is 3.16. The van der Waals surface area contributed by atoms with Gasteiger partial charge in [-0.05, 0) is 30.3 Å². The zero-order valence-corrected chi connectivity index (χ0v) is 13.8. The first-order valence-corrected chi connectivity index (χ1v) is 7.90. The highest BCUT2D eigenvalue weighted by Gasteiger charge is 2.27. The summed E-state index contributed by atoms with van der Waals surface area (Å²) in [5.74, 6) is 1.68. The van der Waals surface area contributed by atoms with Gasteiger partial charge in [-0.25, -0.2) is 0 Å². The molecule has 26 heavy (non-hydrogen) atoms. The van der Waals surface area contributed by atoms with Crippen molar-refractivity contribution >= 4 is 11.9 Å². The molecule has 8 nitrogen and oxygen atoms in total. The highest BCUT2D eigenvalue weighted by atomic mass is 16.6. The van der Waals surface area contributed by atoms with Crippen molar-refractivity contribution in [3.8, 4) is 17.2 Å². The van der Waals surface area contributed by atoms with Crippen LogP contribution >= 0.6 is 0 Å². The van der Waals surface area contributed by atoms with Crippen molar-refractivity contribution < 1.29 is 23.4 Å². The van der Waals surface area contributed by atoms with E-state index in [9.17, 15) is 4.79 Å². The summed E-state index contributed by atoms with van der Waals surface area (Å²) < 4.78 is 22.0. The van der Waals surface area contributed by atoms with Crippen LogP contribution < -0.4 is 19.5 Å². The van der Waals surface area contributed by atoms with Gasteiger partial charge < -0.3 is 18.6 Å². The smallest absolute Gasteiger partial charge is 0.322 e. The Balaban J connectivity index is 1.46. The minimum Gasteiger partial charge on any atom is -0.497 e. The summed E-state index contributed by atoms with van der Waals surface area (Å²) in [4.78, 5) is 12.3. The Bertz CT molecular complexity index is 940. The monoisotopic (exact) mass is 353 g/mol. The van der Waals surface area contributed by atoms with Gasteiger partial charge in [-0.15, -0.1) is 5.10 Å². The van der Waals surface area contributed by atoms with Crippen LogP contribution in [0.2, 0.25) is 0 Å². The molecule has 2 heterocycles. The molecule has 4 rings (SSSR count). The van der Waals surface area contributed by atoms with Crippen LogP contribution in [-0.4, -0.2) is 29.8 Å². The zero-order valence-electron chi connectivity index (χ0n) is 13.8. The van der Waals surface area contributed by atoms with E-state index in [2.05, 4.69) is 15.5 Å². The quantitative estimate of drug-likeness (QED) is 0.770. The SMILES string of the molecule is COc1cccc(C(=O)Nc2nnc([C@@H]3COc4ccccc4O3)o2)c1. The average molecular weight is 353 g/mol. The number of carbonyl (C=O) groups excluding carboxylic acids is 1. The third-order valence-corrected chi connectivity index (χ3v) is 3.78. The van der Waals surface area contributed by atoms with E-state index in [-0.39, 0.29) is 24.4 Å². The van der Waals surface area contributed by atoms with Crippen molar-refractivity contribution in [3.05, 3.63) is 60.0 Å². The molecule has 1 N–H and O–H groups in total. The number of carbonyl (C=O) groups is 1. The number of hydrogen-bond acceptors (Lipinski definition) is 7. The first-order chi connectivity index (χ1) is 12.7. The highest BCUT2D eigenvalue weighted by Crippen LogP contribution is 2.35. The van der Waals surface area contributed by atoms with E-state index in [4.69, 9.17) is 18.6 Å². The number of benzene rings is 2. The molecule has 132 valence electrons. The lowest BCUT2D eigenvalue weighted by Gasteiger charge is -2.23. The Morgan fingerprint density at radius 3 is 2.85 bits per heavy atom. The molecule has 0 saturated heterocycles. The van der Waals surface area contributed by atoms with Gasteiger partial charge >= 0.3 is 6.01 Å². The zero-order chi connectivity index (χ0) is 17.9. The number of fused-ring (bicyclic) bond motifs is 1. The number of rotatable bonds is 4. The standard InChI is InChI=1S/C18H15N3O5/c1-23-12-6-4-5-11(9-12)16(22)19-18-21-20-17(26-18)15-10-24-13-7-2-3-8-14(13)25-15/h2-9,15H,10H2,1H3,(H,19,21,22)/t15-/m0/s1. The summed E-state index contributed by atoms with van der Waals surface area (Å²) in [5, 5.41) is 10.3. The van der Waals surface area contributed by atoms with Crippen LogP contribution in [0.25, 0.3) is 0 Å². The fraction of sp³-hybridized carbons (Fsp3) is 0.167. The topological polar surface area (TPSA) is 95.7 Å². The van der Waals surface area contributed by atoms with Crippen LogP contribution in [0.15, 0.2) is 52.9 Å². The molecule has 0 bridgehead atoms. The van der Waals surface area contributed by atoms with Gasteiger partial charge in [-0.2, -0.15) is 0 Å². The van der Waals surface area contributed by atoms with Gasteiger partial charge in [0.1, 0.15) is 12.4 Å². The predicted molar refractivity (Wildman–Crippen MR) is 90.6 cm³/mol. The fourth-order valence-corrected chi connectivity index (χ4v) is 2.49. The lowest BCUT2D eigenvalue weighted by Crippen LogP contribution is -2.21. The molecule has 0 saturated carbocycles. The van der Waals surface area contributed by atoms with Crippen molar-refractivity contribution in [2.45, 2.75) is 6.10 Å². The number of nitrogens with zero attached hydrogens (tertiary/aromatic N) is 2. The molecule has 8 heteroatoms. The minimum absolute atomic E-state index is 0.0183. The fourth-order valence-electron chi connectivity index (χ4n) is 2.49. The second-order valence-electron chi connectivity index (χ2n) is 5.50. The van der Waals surface area contributed by atoms with E-state index in [1.807, 2.05) is 18.2 Å². The number of hydrogen-bond donors (Lipinski definition) is 1. The summed E-state index contributed by atoms with van der Waals surface area (Å²) in [6, 6.07) is 14.0. The predicted octanol–water partition coefficient (Wildman–Crippen LogP) is 2.84. The van der Waals surface area contributed by atoms with Gasteiger partial charge in [0, 0.05) is 5.56 Å². The van der Waals surface area contributed by atoms with E-state index in [1.54, 1.807) is 30.3 Å². The molecule has 1 amide bonds. The van der Waals surface area contributed by atoms with Gasteiger partial charge in [-0.1, -0.05) is 23.3 Å². The van der Waals surface area contributed by atoms with Crippen molar-refractivity contribution in [1.82, 2.24) is 10.2 Å². The van der Waals surface area contributed by atoms with Crippen molar-refractivity contribution in [2.75, 3.05) is 19.0 Å². The Labute approximate surface area is 148 Å². The number of methoxy groups -OCH3 is 1. The van der Waals surface area contributed by atoms with Gasteiger partial charge in [0.15, 0.2) is 11.5 Å². The number of amides is 1. The molecule has 0 fully saturated rings. The highest BCUT2D eigenvalue weighted by molar-refractivity contribution is 6.03. The number of nitrogens with one attached hydrogen (secondary N) is 1. The van der Waals surface area contributed by atoms with Crippen LogP contribution in [-0.2, 0) is 0 Å². The second kappa shape index (κ2) is 6.75. The molecule has 2 aromatic carbocycles. The normalized spacial score (nSPS) is 15.3. The molecular weight excluding hydrogens is 338 g/mol. The van der Waals surface area contributed by atoms with Crippen molar-refractivity contribution in [1.29, 1.82) is 0 Å². The molecule has 1 aliphatic heterocycles. The van der Waals surface area contributed by atoms with Gasteiger partial charge in [-0.3, -0.25) is 10.1 Å². The summed E-state index contributed by atoms with van der Waals surface area (Å²) >= 11 is 0. The van der Waals surface area contributed by atoms with Crippen LogP contribution in [0.5, 0.6) is 17.2 Å². The molecule has 0 spiro atoms. The third-order valence-electron chi connectivity index (χ3n) is 3.78. The first-order valence-electron chi connectivity index (χ1n) is 7.90. The molecular formula is C18H15N3O5. The van der Waals surface area contributed by atoms with E-state index >= 15 is 0 Å². The molecule has 0 unspecified atom stereocenters. The van der Waals surface area contributed by atoms with Crippen LogP contribution in [0.3, 0.4) is 0 Å². The van der Waals surface area contributed by atoms with E-state index in [0.717, 1.165) is 0 Å². The molecule has 0 radical (unpaired) electrons. The summed E-state index contributed by atoms with van der Waals surface area (Å²) in [7, 11) is 1.53. The second-order valence-corrected chi connectivity index (χ2v) is 5.50. The molecule has 0 aliphatic carbocycles. The average Bonchev–Trinajstić information content (AvgIpc) is 3.16. The maximum absolute atomic E-state index is 12.3. The number of ether oxygens (including phenoxy) is 3. The maximum Gasteiger partial charge on any atom is 0.322 e. The van der Waals surface area contributed by atoms with Crippen LogP contribution in [0.1, 0.15) is 22.4 Å². The summed E-state index contributed by atoms with van der Waals surface area (Å²) in [6.45, 7) is 0.239. The number of anilines is 1. The maximum atomic E-state index is 12.3. The van der Waals surface area contributed by atoms with Gasteiger partial charge in [0.05, 0.1) is 7.11 Å². The van der Waals surface area contributed by atoms with E-state index in [1.165, 1.54) is 7.11 Å².